The number of aryl methyl sites for hydroxylation is 2. The van der Waals surface area contributed by atoms with Crippen LogP contribution >= 0.6 is 11.8 Å². The molecule has 0 aliphatic heterocycles. The Balaban J connectivity index is 2.49. The molecule has 98 valence electrons. The molecule has 0 atom stereocenters. The minimum Gasteiger partial charge on any atom is -0.384 e. The summed E-state index contributed by atoms with van der Waals surface area (Å²) in [6.07, 6.45) is 0. The minimum atomic E-state index is 0.0339. The lowest BCUT2D eigenvalue weighted by Crippen LogP contribution is -2.16. The van der Waals surface area contributed by atoms with E-state index in [0.717, 1.165) is 16.2 Å². The van der Waals surface area contributed by atoms with Gasteiger partial charge < -0.3 is 5.73 Å². The fourth-order valence-electron chi connectivity index (χ4n) is 1.75. The molecule has 0 radical (unpaired) electrons. The fraction of sp³-hybridized carbons (Fsp3) is 0.214. The van der Waals surface area contributed by atoms with Crippen LogP contribution in [0.5, 0.6) is 0 Å². The molecule has 2 aromatic rings. The second kappa shape index (κ2) is 5.40. The number of nitrogens with zero attached hydrogens (tertiary/aromatic N) is 2. The van der Waals surface area contributed by atoms with Crippen molar-refractivity contribution in [3.8, 4) is 0 Å². The normalized spacial score (nSPS) is 10.5. The van der Waals surface area contributed by atoms with E-state index < -0.39 is 0 Å². The lowest BCUT2D eigenvalue weighted by Gasteiger charge is -2.11. The number of rotatable bonds is 3. The molecule has 0 spiro atoms. The molecule has 0 aliphatic rings. The van der Waals surface area contributed by atoms with Gasteiger partial charge in [-0.2, -0.15) is 5.10 Å². The van der Waals surface area contributed by atoms with Gasteiger partial charge in [0.15, 0.2) is 0 Å². The highest BCUT2D eigenvalue weighted by atomic mass is 32.2. The van der Waals surface area contributed by atoms with Crippen LogP contribution in [0.15, 0.2) is 34.2 Å². The first-order chi connectivity index (χ1) is 9.00. The highest BCUT2D eigenvalue weighted by Gasteiger charge is 2.15. The number of hydrogen-bond acceptors (Lipinski definition) is 4. The quantitative estimate of drug-likeness (QED) is 0.665. The highest BCUT2D eigenvalue weighted by Crippen LogP contribution is 2.32. The van der Waals surface area contributed by atoms with Gasteiger partial charge in [-0.15, -0.1) is 5.10 Å². The van der Waals surface area contributed by atoms with E-state index in [1.807, 2.05) is 45.0 Å². The van der Waals surface area contributed by atoms with Crippen molar-refractivity contribution in [2.45, 2.75) is 30.7 Å². The number of benzene rings is 1. The van der Waals surface area contributed by atoms with Crippen molar-refractivity contribution in [1.29, 1.82) is 5.41 Å². The molecule has 0 unspecified atom stereocenters. The average molecular weight is 272 g/mol. The van der Waals surface area contributed by atoms with Gasteiger partial charge in [-0.3, -0.25) is 5.41 Å². The smallest absolute Gasteiger partial charge is 0.135 e. The Bertz CT molecular complexity index is 637. The Morgan fingerprint density at radius 3 is 2.47 bits per heavy atom. The maximum absolute atomic E-state index is 7.73. The second-order valence-electron chi connectivity index (χ2n) is 4.37. The summed E-state index contributed by atoms with van der Waals surface area (Å²) < 4.78 is 0. The standard InChI is InChI=1S/C14H16N4S/c1-8-6-4-5-7-11(8)19-14-12(13(15)16)9(2)10(3)17-18-14/h4-7H,1-3H3,(H3,15,16). The van der Waals surface area contributed by atoms with Gasteiger partial charge in [0, 0.05) is 4.90 Å². The SMILES string of the molecule is Cc1ccccc1Sc1nnc(C)c(C)c1C(=N)N. The Labute approximate surface area is 117 Å². The summed E-state index contributed by atoms with van der Waals surface area (Å²) in [7, 11) is 0. The molecule has 0 saturated heterocycles. The zero-order chi connectivity index (χ0) is 14.0. The van der Waals surface area contributed by atoms with Crippen LogP contribution in [0.25, 0.3) is 0 Å². The summed E-state index contributed by atoms with van der Waals surface area (Å²) in [5.74, 6) is 0.0339. The van der Waals surface area contributed by atoms with Crippen LogP contribution in [0.2, 0.25) is 0 Å². The molecule has 0 amide bonds. The molecule has 2 rings (SSSR count). The first-order valence-corrected chi connectivity index (χ1v) is 6.74. The van der Waals surface area contributed by atoms with Gasteiger partial charge in [0.05, 0.1) is 11.3 Å². The van der Waals surface area contributed by atoms with Gasteiger partial charge >= 0.3 is 0 Å². The summed E-state index contributed by atoms with van der Waals surface area (Å²) in [4.78, 5) is 1.10. The van der Waals surface area contributed by atoms with Gasteiger partial charge in [0.2, 0.25) is 0 Å². The van der Waals surface area contributed by atoms with E-state index in [4.69, 9.17) is 11.1 Å². The van der Waals surface area contributed by atoms with Crippen molar-refractivity contribution in [3.05, 3.63) is 46.6 Å². The van der Waals surface area contributed by atoms with Gasteiger partial charge in [-0.05, 0) is 38.0 Å². The number of aromatic nitrogens is 2. The zero-order valence-corrected chi connectivity index (χ0v) is 12.0. The first-order valence-electron chi connectivity index (χ1n) is 5.92. The molecule has 5 heteroatoms. The molecular formula is C14H16N4S. The largest absolute Gasteiger partial charge is 0.384 e. The van der Waals surface area contributed by atoms with Crippen LogP contribution < -0.4 is 5.73 Å². The number of nitrogens with one attached hydrogen (secondary N) is 1. The van der Waals surface area contributed by atoms with E-state index in [-0.39, 0.29) is 5.84 Å². The molecule has 1 heterocycles. The highest BCUT2D eigenvalue weighted by molar-refractivity contribution is 7.99. The molecule has 19 heavy (non-hydrogen) atoms. The Morgan fingerprint density at radius 2 is 1.84 bits per heavy atom. The zero-order valence-electron chi connectivity index (χ0n) is 11.2. The molecule has 1 aromatic carbocycles. The van der Waals surface area contributed by atoms with Crippen molar-refractivity contribution in [2.75, 3.05) is 0 Å². The maximum Gasteiger partial charge on any atom is 0.135 e. The third-order valence-corrected chi connectivity index (χ3v) is 4.15. The molecular weight excluding hydrogens is 256 g/mol. The van der Waals surface area contributed by atoms with Gasteiger partial charge in [0.1, 0.15) is 10.9 Å². The van der Waals surface area contributed by atoms with Crippen molar-refractivity contribution in [1.82, 2.24) is 10.2 Å². The average Bonchev–Trinajstić information content (AvgIpc) is 2.36. The van der Waals surface area contributed by atoms with E-state index in [2.05, 4.69) is 10.2 Å². The Morgan fingerprint density at radius 1 is 1.16 bits per heavy atom. The van der Waals surface area contributed by atoms with Gasteiger partial charge in [-0.25, -0.2) is 0 Å². The van der Waals surface area contributed by atoms with E-state index in [1.54, 1.807) is 0 Å². The van der Waals surface area contributed by atoms with Crippen molar-refractivity contribution >= 4 is 17.6 Å². The van der Waals surface area contributed by atoms with Crippen LogP contribution in [0.3, 0.4) is 0 Å². The van der Waals surface area contributed by atoms with Crippen molar-refractivity contribution in [3.63, 3.8) is 0 Å². The van der Waals surface area contributed by atoms with Gasteiger partial charge in [-0.1, -0.05) is 30.0 Å². The summed E-state index contributed by atoms with van der Waals surface area (Å²) in [5.41, 5.74) is 9.25. The lowest BCUT2D eigenvalue weighted by atomic mass is 10.1. The molecule has 3 N–H and O–H groups in total. The Hall–Kier alpha value is -1.88. The summed E-state index contributed by atoms with van der Waals surface area (Å²) in [6.45, 7) is 5.84. The van der Waals surface area contributed by atoms with Crippen molar-refractivity contribution in [2.24, 2.45) is 5.73 Å². The third kappa shape index (κ3) is 2.76. The van der Waals surface area contributed by atoms with E-state index in [9.17, 15) is 0 Å². The topological polar surface area (TPSA) is 75.7 Å². The maximum atomic E-state index is 7.73. The van der Waals surface area contributed by atoms with Crippen LogP contribution in [-0.4, -0.2) is 16.0 Å². The van der Waals surface area contributed by atoms with Crippen LogP contribution in [0.1, 0.15) is 22.4 Å². The molecule has 0 saturated carbocycles. The molecule has 1 aromatic heterocycles. The predicted octanol–water partition coefficient (Wildman–Crippen LogP) is 2.84. The summed E-state index contributed by atoms with van der Waals surface area (Å²) in [6, 6.07) is 8.06. The minimum absolute atomic E-state index is 0.0339. The van der Waals surface area contributed by atoms with Crippen LogP contribution in [0, 0.1) is 26.2 Å². The fourth-order valence-corrected chi connectivity index (χ4v) is 2.78. The third-order valence-electron chi connectivity index (χ3n) is 2.99. The van der Waals surface area contributed by atoms with E-state index in [0.29, 0.717) is 10.6 Å². The van der Waals surface area contributed by atoms with E-state index in [1.165, 1.54) is 17.3 Å². The molecule has 0 fully saturated rings. The number of nitrogens with two attached hydrogens (primary N) is 1. The first kappa shape index (κ1) is 13.5. The predicted molar refractivity (Wildman–Crippen MR) is 77.8 cm³/mol. The number of hydrogen-bond donors (Lipinski definition) is 2. The van der Waals surface area contributed by atoms with Crippen LogP contribution in [-0.2, 0) is 0 Å². The monoisotopic (exact) mass is 272 g/mol. The lowest BCUT2D eigenvalue weighted by molar-refractivity contribution is 0.872. The molecule has 0 bridgehead atoms. The Kier molecular flexibility index (Phi) is 3.85. The second-order valence-corrected chi connectivity index (χ2v) is 5.40. The van der Waals surface area contributed by atoms with Gasteiger partial charge in [0.25, 0.3) is 0 Å². The summed E-state index contributed by atoms with van der Waals surface area (Å²) in [5, 5.41) is 16.7. The van der Waals surface area contributed by atoms with E-state index >= 15 is 0 Å². The number of amidine groups is 1. The number of nitrogen functional groups attached to an aromatic ring is 1. The molecule has 4 nitrogen and oxygen atoms in total. The van der Waals surface area contributed by atoms with Crippen molar-refractivity contribution < 1.29 is 0 Å². The molecule has 0 aliphatic carbocycles. The van der Waals surface area contributed by atoms with Crippen LogP contribution in [0.4, 0.5) is 0 Å². The summed E-state index contributed by atoms with van der Waals surface area (Å²) >= 11 is 1.50.